The molecule has 0 bridgehead atoms. The van der Waals surface area contributed by atoms with Crippen molar-refractivity contribution in [2.75, 3.05) is 5.75 Å². The molecule has 0 fully saturated rings. The number of nitriles is 1. The lowest BCUT2D eigenvalue weighted by Gasteiger charge is -2.11. The van der Waals surface area contributed by atoms with E-state index in [-0.39, 0.29) is 15.6 Å². The molecule has 0 saturated heterocycles. The number of rotatable bonds is 6. The van der Waals surface area contributed by atoms with Crippen LogP contribution in [0, 0.1) is 11.3 Å². The fraction of sp³-hybridized carbons (Fsp3) is 0.462. The minimum absolute atomic E-state index is 0.133. The van der Waals surface area contributed by atoms with Crippen LogP contribution in [0.15, 0.2) is 4.90 Å². The van der Waals surface area contributed by atoms with E-state index in [0.717, 1.165) is 12.2 Å². The summed E-state index contributed by atoms with van der Waals surface area (Å²) in [4.78, 5) is 0.661. The molecule has 104 valence electrons. The lowest BCUT2D eigenvalue weighted by Crippen LogP contribution is -1.89. The summed E-state index contributed by atoms with van der Waals surface area (Å²) < 4.78 is 0. The first-order valence-corrected chi connectivity index (χ1v) is 8.43. The predicted octanol–water partition coefficient (Wildman–Crippen LogP) is 6.84. The van der Waals surface area contributed by atoms with E-state index in [1.54, 1.807) is 0 Å². The van der Waals surface area contributed by atoms with Gasteiger partial charge in [0.05, 0.1) is 25.7 Å². The molecule has 1 nitrogen and oxygen atoms in total. The van der Waals surface area contributed by atoms with Crippen LogP contribution in [0.1, 0.15) is 38.2 Å². The van der Waals surface area contributed by atoms with Crippen molar-refractivity contribution in [3.05, 3.63) is 25.7 Å². The highest BCUT2D eigenvalue weighted by atomic mass is 35.5. The van der Waals surface area contributed by atoms with Crippen LogP contribution in [0.2, 0.25) is 20.1 Å². The van der Waals surface area contributed by atoms with E-state index in [4.69, 9.17) is 51.7 Å². The third kappa shape index (κ3) is 4.34. The van der Waals surface area contributed by atoms with Crippen LogP contribution in [0.4, 0.5) is 0 Å². The molecular formula is C13H13Cl4NS. The molecule has 6 heteroatoms. The van der Waals surface area contributed by atoms with E-state index < -0.39 is 0 Å². The Morgan fingerprint density at radius 2 is 1.53 bits per heavy atom. The van der Waals surface area contributed by atoms with E-state index in [0.29, 0.717) is 14.9 Å². The Hall–Kier alpha value is 0.220. The molecule has 0 saturated carbocycles. The predicted molar refractivity (Wildman–Crippen MR) is 86.1 cm³/mol. The van der Waals surface area contributed by atoms with E-state index in [9.17, 15) is 0 Å². The maximum atomic E-state index is 8.97. The van der Waals surface area contributed by atoms with Crippen molar-refractivity contribution < 1.29 is 0 Å². The lowest BCUT2D eigenvalue weighted by molar-refractivity contribution is 0.706. The molecule has 0 aliphatic carbocycles. The highest BCUT2D eigenvalue weighted by Crippen LogP contribution is 2.45. The second-order valence-electron chi connectivity index (χ2n) is 3.98. The van der Waals surface area contributed by atoms with Gasteiger partial charge in [-0.25, -0.2) is 0 Å². The van der Waals surface area contributed by atoms with Crippen LogP contribution in [0.3, 0.4) is 0 Å². The highest BCUT2D eigenvalue weighted by molar-refractivity contribution is 7.99. The van der Waals surface area contributed by atoms with Gasteiger partial charge in [-0.1, -0.05) is 72.6 Å². The van der Waals surface area contributed by atoms with Crippen molar-refractivity contribution in [1.29, 1.82) is 5.26 Å². The first-order chi connectivity index (χ1) is 9.04. The Kier molecular flexibility index (Phi) is 7.72. The van der Waals surface area contributed by atoms with Crippen molar-refractivity contribution in [2.45, 2.75) is 37.5 Å². The van der Waals surface area contributed by atoms with Crippen molar-refractivity contribution in [3.63, 3.8) is 0 Å². The number of benzene rings is 1. The molecular weight excluding hydrogens is 344 g/mol. The molecule has 0 N–H and O–H groups in total. The number of hydrogen-bond acceptors (Lipinski definition) is 2. The van der Waals surface area contributed by atoms with E-state index in [1.807, 2.05) is 6.07 Å². The monoisotopic (exact) mass is 355 g/mol. The minimum atomic E-state index is 0.133. The summed E-state index contributed by atoms with van der Waals surface area (Å²) in [5.74, 6) is 0.901. The first-order valence-electron chi connectivity index (χ1n) is 5.93. The minimum Gasteiger partial charge on any atom is -0.192 e. The first kappa shape index (κ1) is 17.3. The Morgan fingerprint density at radius 3 is 2.00 bits per heavy atom. The van der Waals surface area contributed by atoms with Gasteiger partial charge in [0.1, 0.15) is 6.07 Å². The number of halogens is 4. The van der Waals surface area contributed by atoms with Crippen molar-refractivity contribution in [1.82, 2.24) is 0 Å². The van der Waals surface area contributed by atoms with Crippen molar-refractivity contribution in [2.24, 2.45) is 0 Å². The summed E-state index contributed by atoms with van der Waals surface area (Å²) in [5, 5.41) is 9.95. The van der Waals surface area contributed by atoms with Crippen LogP contribution in [-0.2, 0) is 0 Å². The highest BCUT2D eigenvalue weighted by Gasteiger charge is 2.20. The summed E-state index contributed by atoms with van der Waals surface area (Å²) in [7, 11) is 0. The SMILES string of the molecule is CCCCCCSc1c(Cl)c(Cl)c(C#N)c(Cl)c1Cl. The fourth-order valence-corrected chi connectivity index (χ4v) is 3.93. The molecule has 0 heterocycles. The summed E-state index contributed by atoms with van der Waals surface area (Å²) in [5.41, 5.74) is 0.133. The maximum Gasteiger partial charge on any atom is 0.102 e. The molecule has 0 unspecified atom stereocenters. The third-order valence-electron chi connectivity index (χ3n) is 2.58. The maximum absolute atomic E-state index is 8.97. The average Bonchev–Trinajstić information content (AvgIpc) is 2.40. The van der Waals surface area contributed by atoms with Crippen LogP contribution in [0.25, 0.3) is 0 Å². The number of thioether (sulfide) groups is 1. The van der Waals surface area contributed by atoms with Gasteiger partial charge in [-0.15, -0.1) is 11.8 Å². The van der Waals surface area contributed by atoms with Crippen LogP contribution < -0.4 is 0 Å². The van der Waals surface area contributed by atoms with Crippen LogP contribution >= 0.6 is 58.2 Å². The van der Waals surface area contributed by atoms with Gasteiger partial charge >= 0.3 is 0 Å². The Labute approximate surface area is 138 Å². The normalized spacial score (nSPS) is 10.5. The Bertz CT molecular complexity index is 467. The van der Waals surface area contributed by atoms with Gasteiger partial charge in [-0.05, 0) is 12.2 Å². The zero-order valence-electron chi connectivity index (χ0n) is 10.4. The second kappa shape index (κ2) is 8.49. The van der Waals surface area contributed by atoms with Gasteiger partial charge in [0, 0.05) is 4.90 Å². The summed E-state index contributed by atoms with van der Waals surface area (Å²) in [6.07, 6.45) is 4.68. The van der Waals surface area contributed by atoms with Crippen LogP contribution in [0.5, 0.6) is 0 Å². The van der Waals surface area contributed by atoms with Gasteiger partial charge in [0.25, 0.3) is 0 Å². The van der Waals surface area contributed by atoms with Gasteiger partial charge in [0.2, 0.25) is 0 Å². The fourth-order valence-electron chi connectivity index (χ4n) is 1.54. The molecule has 0 aliphatic rings. The Morgan fingerprint density at radius 1 is 0.947 bits per heavy atom. The topological polar surface area (TPSA) is 23.8 Å². The second-order valence-corrected chi connectivity index (χ2v) is 6.60. The van der Waals surface area contributed by atoms with Gasteiger partial charge in [-0.3, -0.25) is 0 Å². The zero-order chi connectivity index (χ0) is 14.4. The smallest absolute Gasteiger partial charge is 0.102 e. The molecule has 1 aromatic carbocycles. The molecule has 0 aliphatic heterocycles. The molecule has 0 aromatic heterocycles. The van der Waals surface area contributed by atoms with E-state index in [2.05, 4.69) is 6.92 Å². The summed E-state index contributed by atoms with van der Waals surface area (Å²) in [6, 6.07) is 1.91. The van der Waals surface area contributed by atoms with Crippen LogP contribution in [-0.4, -0.2) is 5.75 Å². The average molecular weight is 357 g/mol. The van der Waals surface area contributed by atoms with Gasteiger partial charge < -0.3 is 0 Å². The molecule has 19 heavy (non-hydrogen) atoms. The number of unbranched alkanes of at least 4 members (excludes halogenated alkanes) is 3. The number of hydrogen-bond donors (Lipinski definition) is 0. The number of nitrogens with zero attached hydrogens (tertiary/aromatic N) is 1. The third-order valence-corrected chi connectivity index (χ3v) is 5.70. The van der Waals surface area contributed by atoms with Crippen molar-refractivity contribution >= 4 is 58.2 Å². The molecule has 1 aromatic rings. The zero-order valence-corrected chi connectivity index (χ0v) is 14.2. The molecule has 0 spiro atoms. The summed E-state index contributed by atoms with van der Waals surface area (Å²) >= 11 is 25.9. The molecule has 0 amide bonds. The standard InChI is InChI=1S/C13H13Cl4NS/c1-2-3-4-5-6-19-13-11(16)9(14)8(7-18)10(15)12(13)17/h2-6H2,1H3. The van der Waals surface area contributed by atoms with E-state index in [1.165, 1.54) is 31.0 Å². The molecule has 0 radical (unpaired) electrons. The largest absolute Gasteiger partial charge is 0.192 e. The Balaban J connectivity index is 2.88. The van der Waals surface area contributed by atoms with Crippen molar-refractivity contribution in [3.8, 4) is 6.07 Å². The van der Waals surface area contributed by atoms with E-state index >= 15 is 0 Å². The quantitative estimate of drug-likeness (QED) is 0.316. The lowest BCUT2D eigenvalue weighted by atomic mass is 10.2. The summed E-state index contributed by atoms with van der Waals surface area (Å²) in [6.45, 7) is 2.17. The molecule has 0 atom stereocenters. The van der Waals surface area contributed by atoms with Gasteiger partial charge in [0.15, 0.2) is 0 Å². The molecule has 1 rings (SSSR count). The van der Waals surface area contributed by atoms with Gasteiger partial charge in [-0.2, -0.15) is 5.26 Å².